The lowest BCUT2D eigenvalue weighted by Crippen LogP contribution is -2.47. The van der Waals surface area contributed by atoms with Crippen molar-refractivity contribution < 1.29 is 4.79 Å². The largest absolute Gasteiger partial charge is 0.359 e. The van der Waals surface area contributed by atoms with Gasteiger partial charge in [0.05, 0.1) is 5.41 Å². The fourth-order valence-electron chi connectivity index (χ4n) is 5.11. The quantitative estimate of drug-likeness (QED) is 0.817. The molecule has 3 heteroatoms. The molecular weight excluding hydrogens is 236 g/mol. The zero-order valence-electron chi connectivity index (χ0n) is 12.5. The van der Waals surface area contributed by atoms with Crippen LogP contribution < -0.4 is 10.6 Å². The van der Waals surface area contributed by atoms with E-state index in [1.165, 1.54) is 32.1 Å². The van der Waals surface area contributed by atoms with E-state index in [0.717, 1.165) is 30.2 Å². The first-order valence-electron chi connectivity index (χ1n) is 7.98. The Labute approximate surface area is 116 Å². The molecule has 19 heavy (non-hydrogen) atoms. The van der Waals surface area contributed by atoms with Gasteiger partial charge in [0, 0.05) is 19.6 Å². The minimum absolute atomic E-state index is 0.141. The average molecular weight is 264 g/mol. The first-order chi connectivity index (χ1) is 9.03. The number of nitrogens with one attached hydrogen (secondary N) is 2. The van der Waals surface area contributed by atoms with E-state index in [0.29, 0.717) is 6.04 Å². The van der Waals surface area contributed by atoms with E-state index >= 15 is 0 Å². The molecule has 0 aromatic carbocycles. The molecule has 3 nitrogen and oxygen atoms in total. The molecule has 2 bridgehead atoms. The summed E-state index contributed by atoms with van der Waals surface area (Å²) in [5.41, 5.74) is -0.300. The van der Waals surface area contributed by atoms with Crippen molar-refractivity contribution in [3.8, 4) is 0 Å². The summed E-state index contributed by atoms with van der Waals surface area (Å²) in [5.74, 6) is 4.08. The first-order valence-corrected chi connectivity index (χ1v) is 7.98. The number of carbonyl (C=O) groups is 1. The number of hydrogen-bond donors (Lipinski definition) is 2. The SMILES string of the molecule is CNC(=O)C(C)(C)CN[C@@H]1C[C@H]2C[C@H]1[C@H]1CCC[C@@H]21. The standard InChI is InChI=1S/C16H28N2O/c1-16(2,15(19)17-3)9-18-14-8-10-7-13(14)12-6-4-5-11(10)12/h10-14,18H,4-9H2,1-3H3,(H,17,19)/t10-,11+,12+,13+,14-/m1/s1. The van der Waals surface area contributed by atoms with Crippen LogP contribution in [0, 0.1) is 29.1 Å². The molecule has 3 aliphatic rings. The van der Waals surface area contributed by atoms with E-state index in [1.54, 1.807) is 7.05 Å². The van der Waals surface area contributed by atoms with Crippen molar-refractivity contribution in [3.63, 3.8) is 0 Å². The molecule has 0 aromatic heterocycles. The van der Waals surface area contributed by atoms with Crippen LogP contribution in [0.5, 0.6) is 0 Å². The fraction of sp³-hybridized carbons (Fsp3) is 0.938. The van der Waals surface area contributed by atoms with Gasteiger partial charge in [0.1, 0.15) is 0 Å². The van der Waals surface area contributed by atoms with Crippen LogP contribution in [0.2, 0.25) is 0 Å². The topological polar surface area (TPSA) is 41.1 Å². The van der Waals surface area contributed by atoms with E-state index in [-0.39, 0.29) is 11.3 Å². The number of carbonyl (C=O) groups excluding carboxylic acids is 1. The minimum Gasteiger partial charge on any atom is -0.359 e. The molecule has 108 valence electrons. The van der Waals surface area contributed by atoms with Crippen LogP contribution in [0.1, 0.15) is 46.0 Å². The smallest absolute Gasteiger partial charge is 0.226 e. The highest BCUT2D eigenvalue weighted by Gasteiger charge is 2.53. The van der Waals surface area contributed by atoms with Gasteiger partial charge in [-0.25, -0.2) is 0 Å². The van der Waals surface area contributed by atoms with E-state index in [4.69, 9.17) is 0 Å². The van der Waals surface area contributed by atoms with Crippen LogP contribution in [0.4, 0.5) is 0 Å². The molecule has 0 unspecified atom stereocenters. The summed E-state index contributed by atoms with van der Waals surface area (Å²) in [6.07, 6.45) is 7.22. The van der Waals surface area contributed by atoms with Gasteiger partial charge in [-0.05, 0) is 63.2 Å². The van der Waals surface area contributed by atoms with Gasteiger partial charge >= 0.3 is 0 Å². The average Bonchev–Trinajstić information content (AvgIpc) is 3.06. The summed E-state index contributed by atoms with van der Waals surface area (Å²) in [5, 5.41) is 6.49. The Morgan fingerprint density at radius 3 is 2.63 bits per heavy atom. The van der Waals surface area contributed by atoms with Crippen molar-refractivity contribution in [2.75, 3.05) is 13.6 Å². The summed E-state index contributed by atoms with van der Waals surface area (Å²) in [4.78, 5) is 11.8. The van der Waals surface area contributed by atoms with E-state index in [9.17, 15) is 4.79 Å². The first kappa shape index (κ1) is 13.4. The van der Waals surface area contributed by atoms with Gasteiger partial charge in [0.15, 0.2) is 0 Å². The minimum atomic E-state index is -0.300. The molecule has 0 aliphatic heterocycles. The van der Waals surface area contributed by atoms with Gasteiger partial charge in [0.2, 0.25) is 5.91 Å². The predicted molar refractivity (Wildman–Crippen MR) is 76.7 cm³/mol. The number of fused-ring (bicyclic) bond motifs is 5. The zero-order chi connectivity index (χ0) is 13.6. The molecule has 0 radical (unpaired) electrons. The Morgan fingerprint density at radius 1 is 1.16 bits per heavy atom. The van der Waals surface area contributed by atoms with E-state index in [1.807, 2.05) is 13.8 Å². The Balaban J connectivity index is 1.56. The molecule has 5 atom stereocenters. The fourth-order valence-corrected chi connectivity index (χ4v) is 5.11. The molecule has 0 aromatic rings. The maximum atomic E-state index is 11.8. The van der Waals surface area contributed by atoms with Gasteiger partial charge in [-0.3, -0.25) is 4.79 Å². The number of amides is 1. The highest BCUT2D eigenvalue weighted by atomic mass is 16.2. The van der Waals surface area contributed by atoms with Crippen LogP contribution in [0.3, 0.4) is 0 Å². The van der Waals surface area contributed by atoms with Crippen LogP contribution in [0.25, 0.3) is 0 Å². The Morgan fingerprint density at radius 2 is 1.89 bits per heavy atom. The van der Waals surface area contributed by atoms with Gasteiger partial charge < -0.3 is 10.6 Å². The van der Waals surface area contributed by atoms with Crippen LogP contribution >= 0.6 is 0 Å². The maximum absolute atomic E-state index is 11.8. The summed E-state index contributed by atoms with van der Waals surface area (Å²) in [6, 6.07) is 0.674. The molecule has 2 N–H and O–H groups in total. The third-order valence-corrected chi connectivity index (χ3v) is 6.08. The summed E-state index contributed by atoms with van der Waals surface area (Å²) in [6.45, 7) is 4.87. The van der Waals surface area contributed by atoms with Crippen molar-refractivity contribution in [1.29, 1.82) is 0 Å². The highest BCUT2D eigenvalue weighted by Crippen LogP contribution is 2.58. The summed E-state index contributed by atoms with van der Waals surface area (Å²) < 4.78 is 0. The molecule has 3 aliphatic carbocycles. The second-order valence-corrected chi connectivity index (χ2v) is 7.60. The van der Waals surface area contributed by atoms with E-state index in [2.05, 4.69) is 10.6 Å². The lowest BCUT2D eigenvalue weighted by molar-refractivity contribution is -0.128. The molecule has 0 spiro atoms. The van der Waals surface area contributed by atoms with Crippen molar-refractivity contribution in [2.24, 2.45) is 29.1 Å². The van der Waals surface area contributed by atoms with Crippen LogP contribution in [-0.4, -0.2) is 25.5 Å². The third kappa shape index (κ3) is 2.20. The molecule has 3 fully saturated rings. The van der Waals surface area contributed by atoms with E-state index < -0.39 is 0 Å². The van der Waals surface area contributed by atoms with Crippen LogP contribution in [0.15, 0.2) is 0 Å². The monoisotopic (exact) mass is 264 g/mol. The molecule has 0 heterocycles. The predicted octanol–water partition coefficient (Wildman–Crippen LogP) is 2.17. The van der Waals surface area contributed by atoms with Crippen LogP contribution in [-0.2, 0) is 4.79 Å². The second-order valence-electron chi connectivity index (χ2n) is 7.60. The summed E-state index contributed by atoms with van der Waals surface area (Å²) in [7, 11) is 1.73. The zero-order valence-corrected chi connectivity index (χ0v) is 12.5. The highest BCUT2D eigenvalue weighted by molar-refractivity contribution is 5.81. The Kier molecular flexibility index (Phi) is 3.36. The maximum Gasteiger partial charge on any atom is 0.226 e. The van der Waals surface area contributed by atoms with Gasteiger partial charge in [0.25, 0.3) is 0 Å². The Hall–Kier alpha value is -0.570. The van der Waals surface area contributed by atoms with Crippen molar-refractivity contribution in [1.82, 2.24) is 10.6 Å². The Bertz CT molecular complexity index is 366. The molecule has 3 rings (SSSR count). The molecular formula is C16H28N2O. The van der Waals surface area contributed by atoms with Gasteiger partial charge in [-0.2, -0.15) is 0 Å². The lowest BCUT2D eigenvalue weighted by Gasteiger charge is -2.34. The normalized spacial score (nSPS) is 40.5. The third-order valence-electron chi connectivity index (χ3n) is 6.08. The van der Waals surface area contributed by atoms with Crippen molar-refractivity contribution >= 4 is 5.91 Å². The second kappa shape index (κ2) is 4.76. The van der Waals surface area contributed by atoms with Crippen molar-refractivity contribution in [2.45, 2.75) is 52.0 Å². The van der Waals surface area contributed by atoms with Gasteiger partial charge in [-0.1, -0.05) is 6.42 Å². The van der Waals surface area contributed by atoms with Gasteiger partial charge in [-0.15, -0.1) is 0 Å². The molecule has 3 saturated carbocycles. The van der Waals surface area contributed by atoms with Crippen molar-refractivity contribution in [3.05, 3.63) is 0 Å². The number of hydrogen-bond acceptors (Lipinski definition) is 2. The molecule has 1 amide bonds. The summed E-state index contributed by atoms with van der Waals surface area (Å²) >= 11 is 0. The number of rotatable bonds is 4. The lowest BCUT2D eigenvalue weighted by atomic mass is 9.78. The molecule has 0 saturated heterocycles.